The van der Waals surface area contributed by atoms with Crippen molar-refractivity contribution >= 4 is 17.7 Å². The van der Waals surface area contributed by atoms with Gasteiger partial charge in [-0.25, -0.2) is 4.68 Å². The van der Waals surface area contributed by atoms with Gasteiger partial charge in [0, 0.05) is 20.2 Å². The third-order valence-electron chi connectivity index (χ3n) is 4.17. The summed E-state index contributed by atoms with van der Waals surface area (Å²) in [5, 5.41) is 12.2. The van der Waals surface area contributed by atoms with E-state index in [0.717, 1.165) is 25.0 Å². The molecule has 3 rings (SSSR count). The zero-order valence-electron chi connectivity index (χ0n) is 14.5. The van der Waals surface area contributed by atoms with Gasteiger partial charge in [0.05, 0.1) is 17.9 Å². The van der Waals surface area contributed by atoms with Crippen LogP contribution < -0.4 is 0 Å². The normalized spacial score (nSPS) is 18.2. The molecule has 0 bridgehead atoms. The lowest BCUT2D eigenvalue weighted by Crippen LogP contribution is -2.33. The summed E-state index contributed by atoms with van der Waals surface area (Å²) in [6, 6.07) is 9.96. The molecule has 2 atom stereocenters. The fourth-order valence-corrected chi connectivity index (χ4v) is 3.74. The van der Waals surface area contributed by atoms with Crippen molar-refractivity contribution in [1.29, 1.82) is 0 Å². The summed E-state index contributed by atoms with van der Waals surface area (Å²) in [5.41, 5.74) is 1.11. The molecule has 25 heavy (non-hydrogen) atoms. The van der Waals surface area contributed by atoms with Crippen LogP contribution in [0.4, 0.5) is 0 Å². The predicted molar refractivity (Wildman–Crippen MR) is 95.0 cm³/mol. The van der Waals surface area contributed by atoms with Crippen LogP contribution in [-0.4, -0.2) is 56.0 Å². The Morgan fingerprint density at radius 1 is 1.44 bits per heavy atom. The summed E-state index contributed by atoms with van der Waals surface area (Å²) in [7, 11) is 1.82. The first-order valence-electron chi connectivity index (χ1n) is 8.47. The van der Waals surface area contributed by atoms with Gasteiger partial charge in [-0.05, 0) is 35.8 Å². The lowest BCUT2D eigenvalue weighted by atomic mass is 10.2. The van der Waals surface area contributed by atoms with Crippen LogP contribution in [0.2, 0.25) is 0 Å². The van der Waals surface area contributed by atoms with Crippen molar-refractivity contribution in [3.05, 3.63) is 35.9 Å². The molecule has 2 heterocycles. The fraction of sp³-hybridized carbons (Fsp3) is 0.529. The number of ether oxygens (including phenoxy) is 1. The number of carbonyl (C=O) groups is 1. The molecule has 2 aromatic rings. The standard InChI is InChI=1S/C17H23N5O2S/c1-13(16(23)21(2)11-14-7-4-3-5-8-14)25-17-18-19-20-22(17)12-15-9-6-10-24-15/h3-5,7-8,13,15H,6,9-12H2,1-2H3. The maximum Gasteiger partial charge on any atom is 0.235 e. The average Bonchev–Trinajstić information content (AvgIpc) is 3.28. The largest absolute Gasteiger partial charge is 0.376 e. The van der Waals surface area contributed by atoms with Crippen molar-refractivity contribution < 1.29 is 9.53 Å². The van der Waals surface area contributed by atoms with Gasteiger partial charge in [-0.2, -0.15) is 0 Å². The molecule has 0 saturated carbocycles. The van der Waals surface area contributed by atoms with Crippen LogP contribution in [0.15, 0.2) is 35.5 Å². The van der Waals surface area contributed by atoms with Gasteiger partial charge in [-0.3, -0.25) is 4.79 Å². The number of hydrogen-bond donors (Lipinski definition) is 0. The molecular weight excluding hydrogens is 338 g/mol. The topological polar surface area (TPSA) is 73.1 Å². The van der Waals surface area contributed by atoms with Crippen LogP contribution in [0.5, 0.6) is 0 Å². The van der Waals surface area contributed by atoms with Crippen molar-refractivity contribution in [1.82, 2.24) is 25.1 Å². The molecule has 1 aliphatic rings. The Bertz CT molecular complexity index is 687. The molecule has 1 fully saturated rings. The zero-order chi connectivity index (χ0) is 17.6. The first kappa shape index (κ1) is 17.9. The van der Waals surface area contributed by atoms with E-state index >= 15 is 0 Å². The molecule has 0 N–H and O–H groups in total. The van der Waals surface area contributed by atoms with Crippen LogP contribution in [0.1, 0.15) is 25.3 Å². The third-order valence-corrected chi connectivity index (χ3v) is 5.23. The van der Waals surface area contributed by atoms with Crippen LogP contribution in [0.3, 0.4) is 0 Å². The third kappa shape index (κ3) is 4.79. The number of hydrogen-bond acceptors (Lipinski definition) is 6. The second kappa shape index (κ2) is 8.44. The summed E-state index contributed by atoms with van der Waals surface area (Å²) in [6.45, 7) is 3.91. The molecule has 7 nitrogen and oxygen atoms in total. The highest BCUT2D eigenvalue weighted by Gasteiger charge is 2.24. The summed E-state index contributed by atoms with van der Waals surface area (Å²) in [6.07, 6.45) is 2.27. The maximum absolute atomic E-state index is 12.6. The zero-order valence-corrected chi connectivity index (χ0v) is 15.4. The van der Waals surface area contributed by atoms with E-state index in [4.69, 9.17) is 4.74 Å². The Morgan fingerprint density at radius 3 is 2.96 bits per heavy atom. The lowest BCUT2D eigenvalue weighted by molar-refractivity contribution is -0.129. The molecule has 1 aromatic carbocycles. The van der Waals surface area contributed by atoms with Gasteiger partial charge in [-0.1, -0.05) is 42.1 Å². The quantitative estimate of drug-likeness (QED) is 0.702. The molecular formula is C17H23N5O2S. The Hall–Kier alpha value is -1.93. The summed E-state index contributed by atoms with van der Waals surface area (Å²) in [5.74, 6) is 0.0560. The Morgan fingerprint density at radius 2 is 2.24 bits per heavy atom. The van der Waals surface area contributed by atoms with Gasteiger partial charge in [0.15, 0.2) is 0 Å². The fourth-order valence-electron chi connectivity index (χ4n) is 2.83. The van der Waals surface area contributed by atoms with E-state index in [1.165, 1.54) is 11.8 Å². The molecule has 134 valence electrons. The lowest BCUT2D eigenvalue weighted by Gasteiger charge is -2.21. The molecule has 1 aliphatic heterocycles. The van der Waals surface area contributed by atoms with E-state index in [1.54, 1.807) is 9.58 Å². The summed E-state index contributed by atoms with van der Waals surface area (Å²) >= 11 is 1.39. The van der Waals surface area contributed by atoms with Gasteiger partial charge in [0.1, 0.15) is 0 Å². The van der Waals surface area contributed by atoms with Crippen LogP contribution >= 0.6 is 11.8 Å². The van der Waals surface area contributed by atoms with Crippen molar-refractivity contribution in [2.75, 3.05) is 13.7 Å². The molecule has 1 saturated heterocycles. The highest BCUT2D eigenvalue weighted by molar-refractivity contribution is 8.00. The van der Waals surface area contributed by atoms with Gasteiger partial charge < -0.3 is 9.64 Å². The number of nitrogens with zero attached hydrogens (tertiary/aromatic N) is 5. The minimum Gasteiger partial charge on any atom is -0.376 e. The number of thioether (sulfide) groups is 1. The summed E-state index contributed by atoms with van der Waals surface area (Å²) in [4.78, 5) is 14.4. The number of benzene rings is 1. The van der Waals surface area contributed by atoms with Gasteiger partial charge in [-0.15, -0.1) is 5.10 Å². The van der Waals surface area contributed by atoms with Gasteiger partial charge >= 0.3 is 0 Å². The smallest absolute Gasteiger partial charge is 0.235 e. The molecule has 1 amide bonds. The Balaban J connectivity index is 1.57. The molecule has 0 radical (unpaired) electrons. The average molecular weight is 361 g/mol. The Kier molecular flexibility index (Phi) is 6.04. The van der Waals surface area contributed by atoms with Crippen LogP contribution in [0, 0.1) is 0 Å². The second-order valence-electron chi connectivity index (χ2n) is 6.22. The monoisotopic (exact) mass is 361 g/mol. The number of tetrazole rings is 1. The number of carbonyl (C=O) groups excluding carboxylic acids is 1. The first-order valence-corrected chi connectivity index (χ1v) is 9.35. The van der Waals surface area contributed by atoms with E-state index in [-0.39, 0.29) is 17.3 Å². The van der Waals surface area contributed by atoms with Crippen LogP contribution in [-0.2, 0) is 22.6 Å². The number of amides is 1. The first-order chi connectivity index (χ1) is 12.1. The van der Waals surface area contributed by atoms with Crippen LogP contribution in [0.25, 0.3) is 0 Å². The van der Waals surface area contributed by atoms with Crippen molar-refractivity contribution in [3.63, 3.8) is 0 Å². The Labute approximate surface area is 151 Å². The van der Waals surface area contributed by atoms with E-state index in [1.807, 2.05) is 44.3 Å². The van der Waals surface area contributed by atoms with Crippen molar-refractivity contribution in [2.24, 2.45) is 0 Å². The van der Waals surface area contributed by atoms with E-state index in [2.05, 4.69) is 15.5 Å². The highest BCUT2D eigenvalue weighted by atomic mass is 32.2. The predicted octanol–water partition coefficient (Wildman–Crippen LogP) is 1.99. The highest BCUT2D eigenvalue weighted by Crippen LogP contribution is 2.23. The molecule has 1 aromatic heterocycles. The van der Waals surface area contributed by atoms with Crippen molar-refractivity contribution in [3.8, 4) is 0 Å². The van der Waals surface area contributed by atoms with E-state index in [0.29, 0.717) is 18.2 Å². The van der Waals surface area contributed by atoms with E-state index in [9.17, 15) is 4.79 Å². The maximum atomic E-state index is 12.6. The van der Waals surface area contributed by atoms with Crippen molar-refractivity contribution in [2.45, 2.75) is 49.4 Å². The SMILES string of the molecule is CC(Sc1nnnn1CC1CCCO1)C(=O)N(C)Cc1ccccc1. The molecule has 0 spiro atoms. The second-order valence-corrected chi connectivity index (χ2v) is 7.53. The number of aromatic nitrogens is 4. The summed E-state index contributed by atoms with van der Waals surface area (Å²) < 4.78 is 7.38. The minimum atomic E-state index is -0.261. The van der Waals surface area contributed by atoms with Gasteiger partial charge in [0.2, 0.25) is 11.1 Å². The van der Waals surface area contributed by atoms with E-state index < -0.39 is 0 Å². The molecule has 0 aliphatic carbocycles. The molecule has 8 heteroatoms. The minimum absolute atomic E-state index is 0.0560. The number of rotatable bonds is 7. The van der Waals surface area contributed by atoms with Gasteiger partial charge in [0.25, 0.3) is 0 Å². The molecule has 2 unspecified atom stereocenters.